The van der Waals surface area contributed by atoms with Crippen LogP contribution in [0.1, 0.15) is 18.1 Å². The topological polar surface area (TPSA) is 73.3 Å². The van der Waals surface area contributed by atoms with Gasteiger partial charge in [0.05, 0.1) is 0 Å². The van der Waals surface area contributed by atoms with Crippen molar-refractivity contribution in [2.45, 2.75) is 25.9 Å². The van der Waals surface area contributed by atoms with Crippen molar-refractivity contribution in [3.8, 4) is 0 Å². The number of aliphatic hydroxyl groups excluding tert-OH is 1. The maximum atomic E-state index is 10.6. The molecule has 0 saturated carbocycles. The number of aliphatic hydroxyl groups is 1. The minimum Gasteiger partial charge on any atom is -0.479 e. The van der Waals surface area contributed by atoms with E-state index < -0.39 is 12.1 Å². The SMILES string of the molecule is CCc1ccc2[nH]cc(CC(O)C(=O)O)c2c1. The first-order valence-electron chi connectivity index (χ1n) is 5.61. The van der Waals surface area contributed by atoms with Crippen LogP contribution < -0.4 is 0 Å². The molecular weight excluding hydrogens is 218 g/mol. The third kappa shape index (κ3) is 2.31. The zero-order valence-corrected chi connectivity index (χ0v) is 9.60. The van der Waals surface area contributed by atoms with Crippen molar-refractivity contribution >= 4 is 16.9 Å². The second-order valence-corrected chi connectivity index (χ2v) is 4.11. The smallest absolute Gasteiger partial charge is 0.332 e. The molecule has 1 atom stereocenters. The Morgan fingerprint density at radius 1 is 1.47 bits per heavy atom. The van der Waals surface area contributed by atoms with Crippen molar-refractivity contribution in [3.05, 3.63) is 35.5 Å². The van der Waals surface area contributed by atoms with E-state index in [-0.39, 0.29) is 6.42 Å². The summed E-state index contributed by atoms with van der Waals surface area (Å²) >= 11 is 0. The van der Waals surface area contributed by atoms with E-state index >= 15 is 0 Å². The number of H-pyrrole nitrogens is 1. The summed E-state index contributed by atoms with van der Waals surface area (Å²) in [5.41, 5.74) is 3.00. The molecule has 1 unspecified atom stereocenters. The molecule has 0 spiro atoms. The molecule has 3 N–H and O–H groups in total. The number of rotatable bonds is 4. The molecule has 1 aromatic carbocycles. The highest BCUT2D eigenvalue weighted by Crippen LogP contribution is 2.21. The van der Waals surface area contributed by atoms with Gasteiger partial charge in [-0.3, -0.25) is 0 Å². The summed E-state index contributed by atoms with van der Waals surface area (Å²) in [4.78, 5) is 13.7. The fourth-order valence-electron chi connectivity index (χ4n) is 1.91. The van der Waals surface area contributed by atoms with Gasteiger partial charge in [0.1, 0.15) is 0 Å². The monoisotopic (exact) mass is 233 g/mol. The molecule has 2 aromatic rings. The van der Waals surface area contributed by atoms with Crippen LogP contribution in [0.25, 0.3) is 10.9 Å². The molecule has 0 saturated heterocycles. The third-order valence-electron chi connectivity index (χ3n) is 2.94. The third-order valence-corrected chi connectivity index (χ3v) is 2.94. The Morgan fingerprint density at radius 3 is 2.88 bits per heavy atom. The lowest BCUT2D eigenvalue weighted by Gasteiger charge is -2.04. The number of aromatic amines is 1. The maximum absolute atomic E-state index is 10.6. The molecule has 90 valence electrons. The number of aliphatic carboxylic acids is 1. The Hall–Kier alpha value is -1.81. The lowest BCUT2D eigenvalue weighted by molar-refractivity contribution is -0.146. The molecule has 0 fully saturated rings. The number of aryl methyl sites for hydroxylation is 1. The minimum atomic E-state index is -1.35. The van der Waals surface area contributed by atoms with E-state index in [4.69, 9.17) is 5.11 Å². The summed E-state index contributed by atoms with van der Waals surface area (Å²) in [6, 6.07) is 6.05. The van der Waals surface area contributed by atoms with E-state index in [1.165, 1.54) is 5.56 Å². The van der Waals surface area contributed by atoms with Crippen LogP contribution in [0.3, 0.4) is 0 Å². The van der Waals surface area contributed by atoms with Gasteiger partial charge in [-0.05, 0) is 29.7 Å². The van der Waals surface area contributed by atoms with Crippen molar-refractivity contribution in [3.63, 3.8) is 0 Å². The lowest BCUT2D eigenvalue weighted by atomic mass is 10.0. The Balaban J connectivity index is 2.37. The van der Waals surface area contributed by atoms with Crippen LogP contribution in [-0.2, 0) is 17.6 Å². The first-order chi connectivity index (χ1) is 8.11. The van der Waals surface area contributed by atoms with Crippen molar-refractivity contribution in [2.75, 3.05) is 0 Å². The van der Waals surface area contributed by atoms with Gasteiger partial charge in [-0.1, -0.05) is 13.0 Å². The summed E-state index contributed by atoms with van der Waals surface area (Å²) in [6.07, 6.45) is 1.47. The Kier molecular flexibility index (Phi) is 3.15. The van der Waals surface area contributed by atoms with Crippen LogP contribution in [0.5, 0.6) is 0 Å². The van der Waals surface area contributed by atoms with Crippen molar-refractivity contribution in [1.29, 1.82) is 0 Å². The van der Waals surface area contributed by atoms with Gasteiger partial charge in [0.25, 0.3) is 0 Å². The zero-order chi connectivity index (χ0) is 12.4. The van der Waals surface area contributed by atoms with Crippen LogP contribution in [0.15, 0.2) is 24.4 Å². The summed E-state index contributed by atoms with van der Waals surface area (Å²) in [7, 11) is 0. The molecule has 4 nitrogen and oxygen atoms in total. The maximum Gasteiger partial charge on any atom is 0.332 e. The van der Waals surface area contributed by atoms with Gasteiger partial charge in [-0.2, -0.15) is 0 Å². The molecule has 0 bridgehead atoms. The average molecular weight is 233 g/mol. The van der Waals surface area contributed by atoms with E-state index in [2.05, 4.69) is 11.9 Å². The summed E-state index contributed by atoms with van der Waals surface area (Å²) in [5, 5.41) is 19.1. The molecule has 0 amide bonds. The number of hydrogen-bond donors (Lipinski definition) is 3. The summed E-state index contributed by atoms with van der Waals surface area (Å²) < 4.78 is 0. The highest BCUT2D eigenvalue weighted by Gasteiger charge is 2.16. The van der Waals surface area contributed by atoms with Gasteiger partial charge in [-0.15, -0.1) is 0 Å². The van der Waals surface area contributed by atoms with Gasteiger partial charge >= 0.3 is 5.97 Å². The first-order valence-corrected chi connectivity index (χ1v) is 5.61. The number of carboxylic acids is 1. The molecule has 0 aliphatic heterocycles. The fourth-order valence-corrected chi connectivity index (χ4v) is 1.91. The van der Waals surface area contributed by atoms with Gasteiger partial charge in [-0.25, -0.2) is 4.79 Å². The highest BCUT2D eigenvalue weighted by molar-refractivity contribution is 5.84. The Morgan fingerprint density at radius 2 is 2.24 bits per heavy atom. The molecular formula is C13H15NO3. The summed E-state index contributed by atoms with van der Waals surface area (Å²) in [5.74, 6) is -1.19. The van der Waals surface area contributed by atoms with E-state index in [0.29, 0.717) is 0 Å². The first kappa shape index (κ1) is 11.7. The van der Waals surface area contributed by atoms with E-state index in [1.807, 2.05) is 18.2 Å². The van der Waals surface area contributed by atoms with Gasteiger partial charge in [0.15, 0.2) is 6.10 Å². The number of carboxylic acid groups (broad SMARTS) is 1. The van der Waals surface area contributed by atoms with E-state index in [9.17, 15) is 9.90 Å². The van der Waals surface area contributed by atoms with E-state index in [0.717, 1.165) is 22.9 Å². The number of carbonyl (C=O) groups is 1. The van der Waals surface area contributed by atoms with Crippen molar-refractivity contribution in [1.82, 2.24) is 4.98 Å². The van der Waals surface area contributed by atoms with E-state index in [1.54, 1.807) is 6.20 Å². The van der Waals surface area contributed by atoms with Crippen LogP contribution in [0, 0.1) is 0 Å². The minimum absolute atomic E-state index is 0.127. The number of hydrogen-bond acceptors (Lipinski definition) is 2. The largest absolute Gasteiger partial charge is 0.479 e. The fraction of sp³-hybridized carbons (Fsp3) is 0.308. The molecule has 0 aliphatic rings. The van der Waals surface area contributed by atoms with Crippen LogP contribution in [0.4, 0.5) is 0 Å². The van der Waals surface area contributed by atoms with Crippen LogP contribution in [-0.4, -0.2) is 27.3 Å². The quantitative estimate of drug-likeness (QED) is 0.752. The molecule has 4 heteroatoms. The summed E-state index contributed by atoms with van der Waals surface area (Å²) in [6.45, 7) is 2.07. The van der Waals surface area contributed by atoms with Crippen LogP contribution in [0.2, 0.25) is 0 Å². The van der Waals surface area contributed by atoms with Gasteiger partial charge in [0, 0.05) is 23.5 Å². The normalized spacial score (nSPS) is 12.8. The predicted molar refractivity (Wildman–Crippen MR) is 65.0 cm³/mol. The predicted octanol–water partition coefficient (Wildman–Crippen LogP) is 1.72. The Bertz CT molecular complexity index is 545. The van der Waals surface area contributed by atoms with Gasteiger partial charge < -0.3 is 15.2 Å². The molecule has 1 heterocycles. The van der Waals surface area contributed by atoms with Crippen LogP contribution >= 0.6 is 0 Å². The highest BCUT2D eigenvalue weighted by atomic mass is 16.4. The standard InChI is InChI=1S/C13H15NO3/c1-2-8-3-4-11-10(5-8)9(7-14-11)6-12(15)13(16)17/h3-5,7,12,14-15H,2,6H2,1H3,(H,16,17). The molecule has 2 rings (SSSR count). The number of fused-ring (bicyclic) bond motifs is 1. The van der Waals surface area contributed by atoms with Crippen molar-refractivity contribution in [2.24, 2.45) is 0 Å². The molecule has 17 heavy (non-hydrogen) atoms. The second kappa shape index (κ2) is 4.59. The lowest BCUT2D eigenvalue weighted by Crippen LogP contribution is -2.21. The second-order valence-electron chi connectivity index (χ2n) is 4.11. The number of aromatic nitrogens is 1. The molecule has 1 aromatic heterocycles. The molecule has 0 radical (unpaired) electrons. The average Bonchev–Trinajstić information content (AvgIpc) is 2.71. The van der Waals surface area contributed by atoms with Crippen molar-refractivity contribution < 1.29 is 15.0 Å². The molecule has 0 aliphatic carbocycles. The number of nitrogens with one attached hydrogen (secondary N) is 1. The van der Waals surface area contributed by atoms with Gasteiger partial charge in [0.2, 0.25) is 0 Å². The Labute approximate surface area is 98.9 Å². The zero-order valence-electron chi connectivity index (χ0n) is 9.60. The number of benzene rings is 1.